The van der Waals surface area contributed by atoms with Gasteiger partial charge in [-0.2, -0.15) is 9.40 Å². The molecule has 0 atom stereocenters. The van der Waals surface area contributed by atoms with Gasteiger partial charge in [0.05, 0.1) is 10.6 Å². The summed E-state index contributed by atoms with van der Waals surface area (Å²) in [5.74, 6) is 0.135. The van der Waals surface area contributed by atoms with Crippen LogP contribution < -0.4 is 0 Å². The zero-order valence-corrected chi connectivity index (χ0v) is 17.4. The quantitative estimate of drug-likeness (QED) is 0.466. The Hall–Kier alpha value is -2.75. The molecule has 10 heteroatoms. The average Bonchev–Trinajstić information content (AvgIpc) is 3.24. The Kier molecular flexibility index (Phi) is 5.59. The number of sulfonamides is 1. The molecule has 0 spiro atoms. The molecule has 156 valence electrons. The summed E-state index contributed by atoms with van der Waals surface area (Å²) in [6, 6.07) is 14.8. The first-order chi connectivity index (χ1) is 14.4. The topological polar surface area (TPSA) is 109 Å². The first-order valence-corrected chi connectivity index (χ1v) is 11.2. The number of hydrogen-bond acceptors (Lipinski definition) is 5. The number of H-pyrrole nitrogens is 1. The Balaban J connectivity index is 1.48. The largest absolute Gasteiger partial charge is 0.289 e. The predicted octanol–water partition coefficient (Wildman–Crippen LogP) is 4.21. The van der Waals surface area contributed by atoms with Crippen molar-refractivity contribution < 1.29 is 13.3 Å². The highest BCUT2D eigenvalue weighted by Gasteiger charge is 2.34. The van der Waals surface area contributed by atoms with Crippen LogP contribution in [0, 0.1) is 10.1 Å². The van der Waals surface area contributed by atoms with Gasteiger partial charge < -0.3 is 0 Å². The molecule has 8 nitrogen and oxygen atoms in total. The molecule has 30 heavy (non-hydrogen) atoms. The number of rotatable bonds is 5. The van der Waals surface area contributed by atoms with Crippen molar-refractivity contribution in [3.05, 3.63) is 75.4 Å². The number of hydrogen-bond donors (Lipinski definition) is 1. The monoisotopic (exact) mass is 446 g/mol. The molecule has 3 aromatic rings. The molecule has 0 unspecified atom stereocenters. The van der Waals surface area contributed by atoms with Crippen molar-refractivity contribution in [1.29, 1.82) is 0 Å². The van der Waals surface area contributed by atoms with E-state index in [1.54, 1.807) is 12.1 Å². The predicted molar refractivity (Wildman–Crippen MR) is 113 cm³/mol. The number of nitro groups is 1. The molecule has 1 saturated heterocycles. The average molecular weight is 447 g/mol. The van der Waals surface area contributed by atoms with Crippen molar-refractivity contribution in [3.63, 3.8) is 0 Å². The van der Waals surface area contributed by atoms with Gasteiger partial charge >= 0.3 is 0 Å². The van der Waals surface area contributed by atoms with Crippen molar-refractivity contribution in [2.75, 3.05) is 13.1 Å². The number of para-hydroxylation sites is 1. The Labute approximate surface area is 178 Å². The molecule has 1 aromatic heterocycles. The standard InChI is InChI=1S/C20H19ClN4O4S/c21-16-7-5-14(6-8-16)17-13-18(23-22-17)15-9-11-24(12-10-15)30(28,29)20-4-2-1-3-19(20)25(26)27/h1-8,13,15H,9-12H2,(H,22,23). The number of aromatic amines is 1. The van der Waals surface area contributed by atoms with Crippen LogP contribution in [0.2, 0.25) is 5.02 Å². The Morgan fingerprint density at radius 1 is 1.10 bits per heavy atom. The number of nitrogens with one attached hydrogen (secondary N) is 1. The first kappa shape index (κ1) is 20.5. The number of benzene rings is 2. The number of piperidine rings is 1. The summed E-state index contributed by atoms with van der Waals surface area (Å²) < 4.78 is 27.2. The minimum Gasteiger partial charge on any atom is -0.282 e. The molecule has 1 aliphatic heterocycles. The molecular weight excluding hydrogens is 428 g/mol. The van der Waals surface area contributed by atoms with Crippen molar-refractivity contribution in [2.24, 2.45) is 0 Å². The molecule has 2 aromatic carbocycles. The van der Waals surface area contributed by atoms with Gasteiger partial charge in [-0.25, -0.2) is 8.42 Å². The first-order valence-electron chi connectivity index (χ1n) is 9.41. The van der Waals surface area contributed by atoms with E-state index >= 15 is 0 Å². The third-order valence-electron chi connectivity index (χ3n) is 5.31. The summed E-state index contributed by atoms with van der Waals surface area (Å²) in [5.41, 5.74) is 2.29. The highest BCUT2D eigenvalue weighted by atomic mass is 35.5. The summed E-state index contributed by atoms with van der Waals surface area (Å²) in [5, 5.41) is 19.3. The van der Waals surface area contributed by atoms with Gasteiger partial charge in [0, 0.05) is 41.4 Å². The Morgan fingerprint density at radius 2 is 1.77 bits per heavy atom. The van der Waals surface area contributed by atoms with Gasteiger partial charge in [-0.1, -0.05) is 35.9 Å². The zero-order chi connectivity index (χ0) is 21.3. The van der Waals surface area contributed by atoms with E-state index in [2.05, 4.69) is 10.2 Å². The highest BCUT2D eigenvalue weighted by Crippen LogP contribution is 2.33. The lowest BCUT2D eigenvalue weighted by molar-refractivity contribution is -0.387. The molecule has 1 aliphatic rings. The fourth-order valence-electron chi connectivity index (χ4n) is 3.69. The van der Waals surface area contributed by atoms with Crippen molar-refractivity contribution in [1.82, 2.24) is 14.5 Å². The molecule has 0 radical (unpaired) electrons. The second-order valence-electron chi connectivity index (χ2n) is 7.12. The summed E-state index contributed by atoms with van der Waals surface area (Å²) in [6.07, 6.45) is 1.20. The van der Waals surface area contributed by atoms with E-state index in [0.29, 0.717) is 17.9 Å². The number of nitro benzene ring substituents is 1. The Bertz CT molecular complexity index is 1170. The third-order valence-corrected chi connectivity index (χ3v) is 7.51. The molecule has 4 rings (SSSR count). The summed E-state index contributed by atoms with van der Waals surface area (Å²) in [6.45, 7) is 0.572. The maximum atomic E-state index is 13.0. The van der Waals surface area contributed by atoms with Crippen LogP contribution in [0.1, 0.15) is 24.5 Å². The second kappa shape index (κ2) is 8.17. The van der Waals surface area contributed by atoms with E-state index < -0.39 is 20.6 Å². The van der Waals surface area contributed by atoms with Gasteiger partial charge in [-0.05, 0) is 37.1 Å². The number of halogens is 1. The number of aromatic nitrogens is 2. The molecule has 0 amide bonds. The lowest BCUT2D eigenvalue weighted by Gasteiger charge is -2.30. The minimum absolute atomic E-state index is 0.135. The van der Waals surface area contributed by atoms with Crippen molar-refractivity contribution >= 4 is 27.3 Å². The molecule has 0 saturated carbocycles. The highest BCUT2D eigenvalue weighted by molar-refractivity contribution is 7.89. The van der Waals surface area contributed by atoms with Crippen LogP contribution in [0.15, 0.2) is 59.5 Å². The van der Waals surface area contributed by atoms with E-state index in [0.717, 1.165) is 17.0 Å². The van der Waals surface area contributed by atoms with Crippen LogP contribution >= 0.6 is 11.6 Å². The molecule has 2 heterocycles. The van der Waals surface area contributed by atoms with E-state index in [-0.39, 0.29) is 23.9 Å². The van der Waals surface area contributed by atoms with Crippen LogP contribution in [-0.2, 0) is 10.0 Å². The molecule has 0 aliphatic carbocycles. The summed E-state index contributed by atoms with van der Waals surface area (Å²) >= 11 is 5.93. The Morgan fingerprint density at radius 3 is 2.43 bits per heavy atom. The normalized spacial score (nSPS) is 15.9. The maximum absolute atomic E-state index is 13.0. The molecule has 0 bridgehead atoms. The van der Waals surface area contributed by atoms with Crippen LogP contribution in [0.25, 0.3) is 11.3 Å². The van der Waals surface area contributed by atoms with Gasteiger partial charge in [0.25, 0.3) is 5.69 Å². The van der Waals surface area contributed by atoms with Gasteiger partial charge in [0.15, 0.2) is 4.90 Å². The smallest absolute Gasteiger partial charge is 0.282 e. The fraction of sp³-hybridized carbons (Fsp3) is 0.250. The van der Waals surface area contributed by atoms with E-state index in [9.17, 15) is 18.5 Å². The van der Waals surface area contributed by atoms with Gasteiger partial charge in [-0.15, -0.1) is 0 Å². The SMILES string of the molecule is O=[N+]([O-])c1ccccc1S(=O)(=O)N1CCC(c2cc(-c3ccc(Cl)cc3)n[nH]2)CC1. The molecule has 1 fully saturated rings. The van der Waals surface area contributed by atoms with Crippen molar-refractivity contribution in [2.45, 2.75) is 23.7 Å². The van der Waals surface area contributed by atoms with Gasteiger partial charge in [0.1, 0.15) is 0 Å². The second-order valence-corrected chi connectivity index (χ2v) is 9.46. The van der Waals surface area contributed by atoms with E-state index in [4.69, 9.17) is 11.6 Å². The van der Waals surface area contributed by atoms with E-state index in [1.165, 1.54) is 28.6 Å². The van der Waals surface area contributed by atoms with Crippen LogP contribution in [0.3, 0.4) is 0 Å². The van der Waals surface area contributed by atoms with Crippen LogP contribution in [0.5, 0.6) is 0 Å². The van der Waals surface area contributed by atoms with Gasteiger partial charge in [-0.3, -0.25) is 15.2 Å². The summed E-state index contributed by atoms with van der Waals surface area (Å²) in [7, 11) is -3.93. The zero-order valence-electron chi connectivity index (χ0n) is 15.9. The number of nitrogens with zero attached hydrogens (tertiary/aromatic N) is 3. The third kappa shape index (κ3) is 3.96. The maximum Gasteiger partial charge on any atom is 0.289 e. The lowest BCUT2D eigenvalue weighted by Crippen LogP contribution is -2.38. The van der Waals surface area contributed by atoms with Crippen molar-refractivity contribution in [3.8, 4) is 11.3 Å². The molecule has 1 N–H and O–H groups in total. The van der Waals surface area contributed by atoms with Crippen LogP contribution in [0.4, 0.5) is 5.69 Å². The minimum atomic E-state index is -3.93. The van der Waals surface area contributed by atoms with Gasteiger partial charge in [0.2, 0.25) is 10.0 Å². The summed E-state index contributed by atoms with van der Waals surface area (Å²) in [4.78, 5) is 10.3. The fourth-order valence-corrected chi connectivity index (χ4v) is 5.44. The molecular formula is C20H19ClN4O4S. The lowest BCUT2D eigenvalue weighted by atomic mass is 9.94. The van der Waals surface area contributed by atoms with Crippen LogP contribution in [-0.4, -0.2) is 40.9 Å². The van der Waals surface area contributed by atoms with E-state index in [1.807, 2.05) is 18.2 Å².